The van der Waals surface area contributed by atoms with Crippen LogP contribution in [0, 0.1) is 0 Å². The van der Waals surface area contributed by atoms with Crippen LogP contribution < -0.4 is 10.9 Å². The molecule has 0 fully saturated rings. The molecule has 2 aromatic rings. The Morgan fingerprint density at radius 3 is 2.64 bits per heavy atom. The Balaban J connectivity index is 1.53. The van der Waals surface area contributed by atoms with Crippen molar-refractivity contribution in [2.24, 2.45) is 0 Å². The third kappa shape index (κ3) is 5.89. The zero-order valence-electron chi connectivity index (χ0n) is 15.2. The van der Waals surface area contributed by atoms with Crippen molar-refractivity contribution in [1.82, 2.24) is 10.9 Å². The van der Waals surface area contributed by atoms with Gasteiger partial charge in [0.2, 0.25) is 0 Å². The van der Waals surface area contributed by atoms with E-state index in [2.05, 4.69) is 26.8 Å². The smallest absolute Gasteiger partial charge is 0.272 e. The van der Waals surface area contributed by atoms with Crippen molar-refractivity contribution in [2.45, 2.75) is 37.9 Å². The Morgan fingerprint density at radius 2 is 1.86 bits per heavy atom. The van der Waals surface area contributed by atoms with E-state index in [0.717, 1.165) is 30.2 Å². The molecule has 2 amide bonds. The van der Waals surface area contributed by atoms with Gasteiger partial charge in [-0.2, -0.15) is 0 Å². The standard InChI is InChI=1S/C19H21BrN2O4S2/c20-15-7-4-5-13(9-15)11-28(25,26)12-18(23)21-22-19(24)17-10-14-6-2-1-3-8-16(14)27-17/h4-5,7,9-10H,1-3,6,8,11-12H2,(H,21,23)(H,22,24). The number of aryl methyl sites for hydroxylation is 2. The molecule has 0 aliphatic heterocycles. The number of hydrogen-bond donors (Lipinski definition) is 2. The summed E-state index contributed by atoms with van der Waals surface area (Å²) in [4.78, 5) is 26.0. The first-order valence-corrected chi connectivity index (χ1v) is 12.4. The third-order valence-electron chi connectivity index (χ3n) is 4.41. The van der Waals surface area contributed by atoms with Crippen molar-refractivity contribution >= 4 is 48.9 Å². The predicted molar refractivity (Wildman–Crippen MR) is 113 cm³/mol. The van der Waals surface area contributed by atoms with E-state index in [1.165, 1.54) is 28.2 Å². The highest BCUT2D eigenvalue weighted by Crippen LogP contribution is 2.28. The van der Waals surface area contributed by atoms with E-state index < -0.39 is 27.4 Å². The van der Waals surface area contributed by atoms with Gasteiger partial charge in [0.15, 0.2) is 9.84 Å². The lowest BCUT2D eigenvalue weighted by Crippen LogP contribution is -2.44. The molecule has 0 saturated heterocycles. The van der Waals surface area contributed by atoms with E-state index >= 15 is 0 Å². The summed E-state index contributed by atoms with van der Waals surface area (Å²) in [7, 11) is -3.65. The number of carbonyl (C=O) groups excluding carboxylic acids is 2. The van der Waals surface area contributed by atoms with E-state index in [9.17, 15) is 18.0 Å². The van der Waals surface area contributed by atoms with Crippen molar-refractivity contribution in [3.63, 3.8) is 0 Å². The summed E-state index contributed by atoms with van der Waals surface area (Å²) < 4.78 is 25.2. The molecule has 150 valence electrons. The monoisotopic (exact) mass is 484 g/mol. The predicted octanol–water partition coefficient (Wildman–Crippen LogP) is 3.16. The average Bonchev–Trinajstić information content (AvgIpc) is 2.89. The lowest BCUT2D eigenvalue weighted by Gasteiger charge is -2.08. The summed E-state index contributed by atoms with van der Waals surface area (Å²) >= 11 is 4.73. The second-order valence-electron chi connectivity index (χ2n) is 6.78. The number of hydrogen-bond acceptors (Lipinski definition) is 5. The van der Waals surface area contributed by atoms with Crippen LogP contribution in [0.1, 0.15) is 44.9 Å². The molecule has 0 atom stereocenters. The van der Waals surface area contributed by atoms with Crippen LogP contribution in [0.2, 0.25) is 0 Å². The van der Waals surface area contributed by atoms with Gasteiger partial charge in [0.25, 0.3) is 11.8 Å². The number of thiophene rings is 1. The number of carbonyl (C=O) groups is 2. The Hall–Kier alpha value is -1.71. The second kappa shape index (κ2) is 9.19. The quantitative estimate of drug-likeness (QED) is 0.503. The van der Waals surface area contributed by atoms with E-state index in [0.29, 0.717) is 10.4 Å². The topological polar surface area (TPSA) is 92.3 Å². The van der Waals surface area contributed by atoms with Crippen LogP contribution in [0.5, 0.6) is 0 Å². The number of nitrogens with one attached hydrogen (secondary N) is 2. The molecule has 6 nitrogen and oxygen atoms in total. The molecule has 2 N–H and O–H groups in total. The lowest BCUT2D eigenvalue weighted by atomic mass is 10.1. The van der Waals surface area contributed by atoms with E-state index in [1.807, 2.05) is 6.07 Å². The van der Waals surface area contributed by atoms with Gasteiger partial charge in [-0.05, 0) is 55.0 Å². The molecule has 0 bridgehead atoms. The van der Waals surface area contributed by atoms with Crippen LogP contribution in [0.4, 0.5) is 0 Å². The molecule has 0 unspecified atom stereocenters. The van der Waals surface area contributed by atoms with Crippen molar-refractivity contribution in [3.05, 3.63) is 55.7 Å². The number of amides is 2. The Bertz CT molecular complexity index is 962. The molecule has 0 spiro atoms. The van der Waals surface area contributed by atoms with Crippen molar-refractivity contribution in [3.8, 4) is 0 Å². The summed E-state index contributed by atoms with van der Waals surface area (Å²) in [5, 5.41) is 0. The molecule has 28 heavy (non-hydrogen) atoms. The summed E-state index contributed by atoms with van der Waals surface area (Å²) in [6.07, 6.45) is 5.40. The summed E-state index contributed by atoms with van der Waals surface area (Å²) in [5.74, 6) is -2.12. The number of rotatable bonds is 5. The van der Waals surface area contributed by atoms with Gasteiger partial charge in [0.05, 0.1) is 10.6 Å². The highest BCUT2D eigenvalue weighted by Gasteiger charge is 2.20. The van der Waals surface area contributed by atoms with E-state index in [1.54, 1.807) is 24.3 Å². The third-order valence-corrected chi connectivity index (χ3v) is 7.62. The fraction of sp³-hybridized carbons (Fsp3) is 0.368. The molecule has 1 aromatic carbocycles. The van der Waals surface area contributed by atoms with Gasteiger partial charge in [-0.3, -0.25) is 20.4 Å². The number of fused-ring (bicyclic) bond motifs is 1. The van der Waals surface area contributed by atoms with Crippen LogP contribution in [0.25, 0.3) is 0 Å². The van der Waals surface area contributed by atoms with Crippen molar-refractivity contribution in [2.75, 3.05) is 5.75 Å². The minimum atomic E-state index is -3.65. The minimum absolute atomic E-state index is 0.245. The highest BCUT2D eigenvalue weighted by atomic mass is 79.9. The fourth-order valence-electron chi connectivity index (χ4n) is 3.13. The number of hydrazine groups is 1. The SMILES string of the molecule is O=C(CS(=O)(=O)Cc1cccc(Br)c1)NNC(=O)c1cc2c(s1)CCCCC2. The molecule has 0 saturated carbocycles. The largest absolute Gasteiger partial charge is 0.279 e. The Morgan fingerprint density at radius 1 is 1.07 bits per heavy atom. The van der Waals surface area contributed by atoms with Crippen molar-refractivity contribution < 1.29 is 18.0 Å². The summed E-state index contributed by atoms with van der Waals surface area (Å²) in [5.41, 5.74) is 6.32. The summed E-state index contributed by atoms with van der Waals surface area (Å²) in [6.45, 7) is 0. The maximum atomic E-state index is 12.3. The Kier molecular flexibility index (Phi) is 6.90. The molecule has 1 aliphatic carbocycles. The fourth-order valence-corrected chi connectivity index (χ4v) is 5.99. The van der Waals surface area contributed by atoms with Gasteiger partial charge in [0.1, 0.15) is 5.75 Å². The average molecular weight is 485 g/mol. The van der Waals surface area contributed by atoms with E-state index in [4.69, 9.17) is 0 Å². The van der Waals surface area contributed by atoms with Crippen LogP contribution in [0.15, 0.2) is 34.8 Å². The van der Waals surface area contributed by atoms with E-state index in [-0.39, 0.29) is 5.75 Å². The minimum Gasteiger partial charge on any atom is -0.272 e. The summed E-state index contributed by atoms with van der Waals surface area (Å²) in [6, 6.07) is 8.78. The van der Waals surface area contributed by atoms with Crippen LogP contribution >= 0.6 is 27.3 Å². The highest BCUT2D eigenvalue weighted by molar-refractivity contribution is 9.10. The molecule has 0 radical (unpaired) electrons. The maximum Gasteiger partial charge on any atom is 0.279 e. The molecule has 1 heterocycles. The first kappa shape index (κ1) is 21.0. The van der Waals surface area contributed by atoms with Gasteiger partial charge in [-0.1, -0.05) is 34.5 Å². The molecule has 1 aromatic heterocycles. The van der Waals surface area contributed by atoms with Crippen molar-refractivity contribution in [1.29, 1.82) is 0 Å². The van der Waals surface area contributed by atoms with Crippen LogP contribution in [0.3, 0.4) is 0 Å². The number of benzene rings is 1. The molecular weight excluding hydrogens is 464 g/mol. The molecular formula is C19H21BrN2O4S2. The van der Waals surface area contributed by atoms with Gasteiger partial charge >= 0.3 is 0 Å². The normalized spacial score (nSPS) is 14.0. The van der Waals surface area contributed by atoms with Gasteiger partial charge in [0, 0.05) is 9.35 Å². The second-order valence-corrected chi connectivity index (χ2v) is 10.9. The van der Waals surface area contributed by atoms with Crippen LogP contribution in [-0.4, -0.2) is 26.0 Å². The first-order valence-electron chi connectivity index (χ1n) is 8.98. The zero-order valence-corrected chi connectivity index (χ0v) is 18.4. The van der Waals surface area contributed by atoms with Gasteiger partial charge in [-0.15, -0.1) is 11.3 Å². The molecule has 9 heteroatoms. The first-order chi connectivity index (χ1) is 13.3. The lowest BCUT2D eigenvalue weighted by molar-refractivity contribution is -0.119. The number of halogens is 1. The number of sulfone groups is 1. The van der Waals surface area contributed by atoms with Gasteiger partial charge < -0.3 is 0 Å². The van der Waals surface area contributed by atoms with Crippen LogP contribution in [-0.2, 0) is 33.2 Å². The zero-order chi connectivity index (χ0) is 20.1. The molecule has 3 rings (SSSR count). The van der Waals surface area contributed by atoms with Gasteiger partial charge in [-0.25, -0.2) is 8.42 Å². The maximum absolute atomic E-state index is 12.3. The molecule has 1 aliphatic rings. The Labute approximate surface area is 176 Å².